The van der Waals surface area contributed by atoms with Crippen molar-refractivity contribution in [1.82, 2.24) is 14.5 Å². The van der Waals surface area contributed by atoms with Gasteiger partial charge < -0.3 is 10.3 Å². The van der Waals surface area contributed by atoms with Crippen LogP contribution in [0.1, 0.15) is 15.9 Å². The monoisotopic (exact) mass is 407 g/mol. The van der Waals surface area contributed by atoms with Gasteiger partial charge in [0.25, 0.3) is 10.0 Å². The Morgan fingerprint density at radius 2 is 1.83 bits per heavy atom. The molecule has 4 aromatic rings. The van der Waals surface area contributed by atoms with E-state index in [4.69, 9.17) is 5.73 Å². The van der Waals surface area contributed by atoms with Crippen LogP contribution in [0.25, 0.3) is 11.0 Å². The molecule has 8 nitrogen and oxygen atoms in total. The van der Waals surface area contributed by atoms with Crippen molar-refractivity contribution in [3.8, 4) is 0 Å². The van der Waals surface area contributed by atoms with Crippen LogP contribution in [0.2, 0.25) is 0 Å². The fourth-order valence-electron chi connectivity index (χ4n) is 3.10. The Balaban J connectivity index is 1.71. The van der Waals surface area contributed by atoms with Crippen molar-refractivity contribution in [2.75, 3.05) is 10.5 Å². The predicted octanol–water partition coefficient (Wildman–Crippen LogP) is 2.58. The van der Waals surface area contributed by atoms with E-state index in [2.05, 4.69) is 14.7 Å². The molecule has 3 N–H and O–H groups in total. The van der Waals surface area contributed by atoms with Gasteiger partial charge in [-0.25, -0.2) is 18.4 Å². The molecule has 0 atom stereocenters. The Labute approximate surface area is 167 Å². The van der Waals surface area contributed by atoms with Gasteiger partial charge in [0, 0.05) is 24.5 Å². The first-order valence-electron chi connectivity index (χ1n) is 8.65. The van der Waals surface area contributed by atoms with Crippen LogP contribution in [0, 0.1) is 0 Å². The smallest absolute Gasteiger partial charge is 0.261 e. The van der Waals surface area contributed by atoms with E-state index in [9.17, 15) is 13.2 Å². The fourth-order valence-corrected chi connectivity index (χ4v) is 4.17. The predicted molar refractivity (Wildman–Crippen MR) is 110 cm³/mol. The molecule has 0 saturated carbocycles. The van der Waals surface area contributed by atoms with Crippen molar-refractivity contribution in [1.29, 1.82) is 0 Å². The number of aryl methyl sites for hydroxylation is 1. The van der Waals surface area contributed by atoms with Crippen LogP contribution in [-0.4, -0.2) is 28.7 Å². The second-order valence-corrected chi connectivity index (χ2v) is 8.12. The van der Waals surface area contributed by atoms with Crippen LogP contribution < -0.4 is 10.5 Å². The quantitative estimate of drug-likeness (QED) is 0.491. The fraction of sp³-hybridized carbons (Fsp3) is 0.0500. The number of hydrogen-bond acceptors (Lipinski definition) is 6. The Bertz CT molecular complexity index is 1330. The minimum atomic E-state index is -3.76. The number of nitrogens with two attached hydrogens (primary N) is 1. The zero-order valence-electron chi connectivity index (χ0n) is 15.4. The lowest BCUT2D eigenvalue weighted by molar-refractivity contribution is 0.104. The molecule has 0 aliphatic heterocycles. The Kier molecular flexibility index (Phi) is 4.51. The molecule has 0 unspecified atom stereocenters. The highest BCUT2D eigenvalue weighted by Crippen LogP contribution is 2.26. The highest BCUT2D eigenvalue weighted by Gasteiger charge is 2.20. The lowest BCUT2D eigenvalue weighted by atomic mass is 10.0. The molecule has 2 aromatic carbocycles. The van der Waals surface area contributed by atoms with Gasteiger partial charge in [-0.2, -0.15) is 0 Å². The summed E-state index contributed by atoms with van der Waals surface area (Å²) in [5.41, 5.74) is 7.44. The Morgan fingerprint density at radius 3 is 2.59 bits per heavy atom. The average molecular weight is 407 g/mol. The van der Waals surface area contributed by atoms with E-state index in [-0.39, 0.29) is 22.2 Å². The Hall–Kier alpha value is -3.72. The largest absolute Gasteiger partial charge is 0.383 e. The Morgan fingerprint density at radius 1 is 1.07 bits per heavy atom. The van der Waals surface area contributed by atoms with Gasteiger partial charge in [-0.3, -0.25) is 9.52 Å². The van der Waals surface area contributed by atoms with Crippen molar-refractivity contribution in [3.05, 3.63) is 78.2 Å². The van der Waals surface area contributed by atoms with Crippen LogP contribution in [0.3, 0.4) is 0 Å². The van der Waals surface area contributed by atoms with Crippen LogP contribution >= 0.6 is 0 Å². The van der Waals surface area contributed by atoms with Crippen molar-refractivity contribution in [2.24, 2.45) is 7.05 Å². The SMILES string of the molecule is Cn1cc(C(=O)c2cccc(NS(=O)(=O)c3ccccc3)c2)c2c(N)ncnc21. The lowest BCUT2D eigenvalue weighted by Crippen LogP contribution is -2.13. The molecule has 0 aliphatic carbocycles. The second kappa shape index (κ2) is 7.02. The molecule has 2 aromatic heterocycles. The number of ketones is 1. The number of carbonyl (C=O) groups excluding carboxylic acids is 1. The minimum absolute atomic E-state index is 0.135. The van der Waals surface area contributed by atoms with Gasteiger partial charge in [0.15, 0.2) is 5.78 Å². The summed E-state index contributed by atoms with van der Waals surface area (Å²) in [4.78, 5) is 21.4. The number of hydrogen-bond donors (Lipinski definition) is 2. The molecule has 9 heteroatoms. The molecule has 2 heterocycles. The van der Waals surface area contributed by atoms with Crippen LogP contribution in [0.4, 0.5) is 11.5 Å². The summed E-state index contributed by atoms with van der Waals surface area (Å²) in [6, 6.07) is 14.3. The topological polar surface area (TPSA) is 120 Å². The van der Waals surface area contributed by atoms with Gasteiger partial charge in [0.2, 0.25) is 0 Å². The maximum Gasteiger partial charge on any atom is 0.261 e. The molecule has 0 aliphatic rings. The maximum atomic E-state index is 13.1. The van der Waals surface area contributed by atoms with Crippen molar-refractivity contribution in [2.45, 2.75) is 4.90 Å². The summed E-state index contributed by atoms with van der Waals surface area (Å²) >= 11 is 0. The van der Waals surface area contributed by atoms with Crippen molar-refractivity contribution in [3.63, 3.8) is 0 Å². The van der Waals surface area contributed by atoms with E-state index < -0.39 is 10.0 Å². The van der Waals surface area contributed by atoms with E-state index in [1.165, 1.54) is 24.5 Å². The number of anilines is 2. The van der Waals surface area contributed by atoms with E-state index in [1.54, 1.807) is 54.2 Å². The van der Waals surface area contributed by atoms with Crippen LogP contribution in [0.15, 0.2) is 72.0 Å². The van der Waals surface area contributed by atoms with Crippen LogP contribution in [0.5, 0.6) is 0 Å². The van der Waals surface area contributed by atoms with Crippen molar-refractivity contribution < 1.29 is 13.2 Å². The summed E-state index contributed by atoms with van der Waals surface area (Å²) in [6.07, 6.45) is 2.98. The van der Waals surface area contributed by atoms with E-state index in [0.717, 1.165) is 0 Å². The van der Waals surface area contributed by atoms with Gasteiger partial charge >= 0.3 is 0 Å². The zero-order chi connectivity index (χ0) is 20.6. The number of sulfonamides is 1. The number of nitrogen functional groups attached to an aromatic ring is 1. The third kappa shape index (κ3) is 3.43. The normalized spacial score (nSPS) is 11.5. The van der Waals surface area contributed by atoms with Gasteiger partial charge in [0.1, 0.15) is 17.8 Å². The summed E-state index contributed by atoms with van der Waals surface area (Å²) in [5.74, 6) is -0.0993. The van der Waals surface area contributed by atoms with Gasteiger partial charge in [-0.05, 0) is 24.3 Å². The first-order chi connectivity index (χ1) is 13.9. The van der Waals surface area contributed by atoms with Gasteiger partial charge in [0.05, 0.1) is 15.8 Å². The van der Waals surface area contributed by atoms with Crippen LogP contribution in [-0.2, 0) is 17.1 Å². The number of aromatic nitrogens is 3. The highest BCUT2D eigenvalue weighted by atomic mass is 32.2. The maximum absolute atomic E-state index is 13.1. The lowest BCUT2D eigenvalue weighted by Gasteiger charge is -2.09. The molecule has 0 bridgehead atoms. The van der Waals surface area contributed by atoms with E-state index >= 15 is 0 Å². The summed E-state index contributed by atoms with van der Waals surface area (Å²) in [5, 5.41) is 0.468. The molecule has 0 saturated heterocycles. The molecule has 0 spiro atoms. The third-order valence-electron chi connectivity index (χ3n) is 4.46. The zero-order valence-corrected chi connectivity index (χ0v) is 16.2. The minimum Gasteiger partial charge on any atom is -0.383 e. The first-order valence-corrected chi connectivity index (χ1v) is 10.1. The summed E-state index contributed by atoms with van der Waals surface area (Å²) in [6.45, 7) is 0. The van der Waals surface area contributed by atoms with Crippen molar-refractivity contribution >= 4 is 38.3 Å². The van der Waals surface area contributed by atoms with Gasteiger partial charge in [-0.15, -0.1) is 0 Å². The summed E-state index contributed by atoms with van der Waals surface area (Å²) in [7, 11) is -2.00. The molecule has 0 radical (unpaired) electrons. The molecule has 29 heavy (non-hydrogen) atoms. The molecule has 146 valence electrons. The standard InChI is InChI=1S/C20H17N5O3S/c1-25-11-16(17-19(21)22-12-23-20(17)25)18(26)13-6-5-7-14(10-13)24-29(27,28)15-8-3-2-4-9-15/h2-12,24H,1H3,(H2,21,22,23). The second-order valence-electron chi connectivity index (χ2n) is 6.44. The molecular weight excluding hydrogens is 390 g/mol. The van der Waals surface area contributed by atoms with Gasteiger partial charge in [-0.1, -0.05) is 30.3 Å². The van der Waals surface area contributed by atoms with E-state index in [0.29, 0.717) is 22.2 Å². The average Bonchev–Trinajstić information content (AvgIpc) is 3.06. The molecule has 0 amide bonds. The number of nitrogens with zero attached hydrogens (tertiary/aromatic N) is 3. The number of rotatable bonds is 5. The molecular formula is C20H17N5O3S. The number of benzene rings is 2. The number of carbonyl (C=O) groups is 1. The first kappa shape index (κ1) is 18.6. The number of nitrogens with one attached hydrogen (secondary N) is 1. The number of fused-ring (bicyclic) bond motifs is 1. The third-order valence-corrected chi connectivity index (χ3v) is 5.86. The molecule has 4 rings (SSSR count). The summed E-state index contributed by atoms with van der Waals surface area (Å²) < 4.78 is 29.3. The molecule has 0 fully saturated rings. The van der Waals surface area contributed by atoms with E-state index in [1.807, 2.05) is 0 Å². The highest BCUT2D eigenvalue weighted by molar-refractivity contribution is 7.92.